The van der Waals surface area contributed by atoms with Gasteiger partial charge in [-0.2, -0.15) is 39.5 Å². The summed E-state index contributed by atoms with van der Waals surface area (Å²) in [5.74, 6) is -15.8. The monoisotopic (exact) mass is 818 g/mol. The van der Waals surface area contributed by atoms with Gasteiger partial charge in [-0.15, -0.1) is 0 Å². The minimum absolute atomic E-state index is 0.131. The largest absolute Gasteiger partial charge is 0.743 e. The summed E-state index contributed by atoms with van der Waals surface area (Å²) in [4.78, 5) is 3.68. The number of thiophene rings is 1. The van der Waals surface area contributed by atoms with Crippen LogP contribution in [0.25, 0.3) is 25.1 Å². The molecule has 0 unspecified atom stereocenters. The van der Waals surface area contributed by atoms with Crippen LogP contribution in [-0.4, -0.2) is 50.5 Å². The maximum Gasteiger partial charge on any atom is 0.460 e. The van der Waals surface area contributed by atoms with E-state index in [4.69, 9.17) is 9.47 Å². The summed E-state index contributed by atoms with van der Waals surface area (Å²) in [6, 6.07) is 45.1. The number of alkyl halides is 9. The van der Waals surface area contributed by atoms with E-state index >= 15 is 0 Å². The molecule has 0 aliphatic heterocycles. The number of fused-ring (bicyclic) bond motifs is 3. The minimum Gasteiger partial charge on any atom is -0.743 e. The normalized spacial score (nSPS) is 13.2. The van der Waals surface area contributed by atoms with Gasteiger partial charge in [-0.25, -0.2) is 8.42 Å². The maximum atomic E-state index is 12.2. The SMILES string of the molecule is COC(OC)(c1ccc(Sc2ccccc2)cc1)c1ccc(-[s+]2c3ccccc3c3ccccc32)cc1.O=S(=O)([O-])C(F)(F)C(F)(F)C(F)(F)C(F)(F)F. The Kier molecular flexibility index (Phi) is 11.5. The van der Waals surface area contributed by atoms with Crippen LogP contribution in [0.3, 0.4) is 0 Å². The van der Waals surface area contributed by atoms with Crippen LogP contribution in [0.15, 0.2) is 137 Å². The fourth-order valence-electron chi connectivity index (χ4n) is 5.52. The quantitative estimate of drug-likeness (QED) is 0.0593. The van der Waals surface area contributed by atoms with Gasteiger partial charge in [0.05, 0.1) is 0 Å². The van der Waals surface area contributed by atoms with E-state index < -0.39 is 39.2 Å². The summed E-state index contributed by atoms with van der Waals surface area (Å²) in [7, 11) is -4.14. The smallest absolute Gasteiger partial charge is 0.460 e. The van der Waals surface area contributed by atoms with Crippen LogP contribution in [0.5, 0.6) is 0 Å². The number of hydrogen-bond acceptors (Lipinski definition) is 6. The zero-order valence-electron chi connectivity index (χ0n) is 27.8. The third kappa shape index (κ3) is 7.32. The summed E-state index contributed by atoms with van der Waals surface area (Å²) >= 11 is 1.74. The first-order chi connectivity index (χ1) is 25.2. The second-order valence-corrected chi connectivity index (χ2v) is 15.9. The number of methoxy groups -OCH3 is 2. The zero-order chi connectivity index (χ0) is 39.7. The molecule has 6 rings (SSSR count). The predicted molar refractivity (Wildman–Crippen MR) is 188 cm³/mol. The van der Waals surface area contributed by atoms with Gasteiger partial charge in [0.2, 0.25) is 5.79 Å². The van der Waals surface area contributed by atoms with E-state index in [1.165, 1.54) is 34.9 Å². The van der Waals surface area contributed by atoms with E-state index in [2.05, 4.69) is 121 Å². The molecule has 5 nitrogen and oxygen atoms in total. The molecule has 0 fully saturated rings. The summed E-state index contributed by atoms with van der Waals surface area (Å²) in [6.07, 6.45) is -7.16. The highest BCUT2D eigenvalue weighted by molar-refractivity contribution is 7.99. The Morgan fingerprint density at radius 2 is 0.963 bits per heavy atom. The summed E-state index contributed by atoms with van der Waals surface area (Å²) in [6.45, 7) is 0. The van der Waals surface area contributed by atoms with Gasteiger partial charge in [0.15, 0.2) is 24.4 Å². The van der Waals surface area contributed by atoms with Crippen LogP contribution in [0.2, 0.25) is 0 Å². The highest BCUT2D eigenvalue weighted by Crippen LogP contribution is 2.54. The molecule has 6 aromatic rings. The summed E-state index contributed by atoms with van der Waals surface area (Å²) < 4.78 is 150. The highest BCUT2D eigenvalue weighted by atomic mass is 32.2. The molecule has 0 spiro atoms. The molecule has 0 saturated heterocycles. The molecule has 0 N–H and O–H groups in total. The number of hydrogen-bond donors (Lipinski definition) is 0. The van der Waals surface area contributed by atoms with Crippen molar-refractivity contribution in [3.63, 3.8) is 0 Å². The molecule has 0 aliphatic carbocycles. The van der Waals surface area contributed by atoms with E-state index in [1.54, 1.807) is 26.0 Å². The van der Waals surface area contributed by atoms with Crippen molar-refractivity contribution in [3.8, 4) is 4.90 Å². The van der Waals surface area contributed by atoms with Crippen LogP contribution >= 0.6 is 22.2 Å². The topological polar surface area (TPSA) is 75.7 Å². The highest BCUT2D eigenvalue weighted by Gasteiger charge is 2.83. The predicted octanol–water partition coefficient (Wildman–Crippen LogP) is 11.3. The van der Waals surface area contributed by atoms with Gasteiger partial charge in [-0.05, 0) is 72.8 Å². The molecule has 0 saturated carbocycles. The molecule has 0 bridgehead atoms. The second-order valence-electron chi connectivity index (χ2n) is 11.4. The summed E-state index contributed by atoms with van der Waals surface area (Å²) in [5.41, 5.74) is 1.93. The van der Waals surface area contributed by atoms with Crippen LogP contribution in [0.1, 0.15) is 11.1 Å². The first kappa shape index (κ1) is 41.0. The van der Waals surface area contributed by atoms with Crippen molar-refractivity contribution in [1.82, 2.24) is 0 Å². The number of ether oxygens (including phenoxy) is 2. The van der Waals surface area contributed by atoms with Crippen molar-refractivity contribution >= 4 is 52.5 Å². The van der Waals surface area contributed by atoms with Crippen LogP contribution < -0.4 is 0 Å². The molecule has 0 amide bonds. The Bertz CT molecular complexity index is 2270. The lowest BCUT2D eigenvalue weighted by molar-refractivity contribution is -0.382. The molecule has 1 aromatic heterocycles. The van der Waals surface area contributed by atoms with E-state index in [0.29, 0.717) is 0 Å². The Morgan fingerprint density at radius 1 is 0.556 bits per heavy atom. The molecule has 0 radical (unpaired) electrons. The molecule has 0 atom stereocenters. The van der Waals surface area contributed by atoms with Crippen molar-refractivity contribution < 1.29 is 62.0 Å². The van der Waals surface area contributed by atoms with Gasteiger partial charge in [-0.1, -0.05) is 66.4 Å². The molecular weight excluding hydrogens is 792 g/mol. The standard InChI is InChI=1S/C33H27O2S2.C4HF9O3S/c1-34-33(35-2,24-16-20-27(21-17-24)36-26-10-4-3-5-11-26)25-18-22-28(23-19-25)37-31-14-8-6-12-29(31)30-13-7-9-15-32(30)37;5-1(6,3(9,10)11)2(7,8)4(12,13)17(14,15)16/h3-23H,1-2H3;(H,14,15,16)/q+1;/p-1. The van der Waals surface area contributed by atoms with Gasteiger partial charge >= 0.3 is 23.3 Å². The molecule has 0 aliphatic rings. The molecule has 5 aromatic carbocycles. The third-order valence-corrected chi connectivity index (χ3v) is 12.4. The van der Waals surface area contributed by atoms with Gasteiger partial charge in [0, 0.05) is 56.4 Å². The number of halogens is 9. The van der Waals surface area contributed by atoms with Crippen molar-refractivity contribution in [2.75, 3.05) is 14.2 Å². The third-order valence-electron chi connectivity index (χ3n) is 8.19. The molecule has 54 heavy (non-hydrogen) atoms. The lowest BCUT2D eigenvalue weighted by Gasteiger charge is -2.34. The fraction of sp³-hybridized carbons (Fsp3) is 0.189. The van der Waals surface area contributed by atoms with Gasteiger partial charge in [-0.3, -0.25) is 0 Å². The molecule has 1 heterocycles. The van der Waals surface area contributed by atoms with Crippen LogP contribution in [0.4, 0.5) is 39.5 Å². The van der Waals surface area contributed by atoms with Gasteiger partial charge < -0.3 is 14.0 Å². The Labute approximate surface area is 310 Å². The molecule has 286 valence electrons. The second kappa shape index (κ2) is 15.2. The van der Waals surface area contributed by atoms with E-state index in [0.717, 1.165) is 11.1 Å². The van der Waals surface area contributed by atoms with Crippen molar-refractivity contribution in [2.24, 2.45) is 0 Å². The average molecular weight is 819 g/mol. The Morgan fingerprint density at radius 3 is 1.39 bits per heavy atom. The summed E-state index contributed by atoms with van der Waals surface area (Å²) in [5, 5.41) is -4.44. The lowest BCUT2D eigenvalue weighted by Crippen LogP contribution is -2.63. The van der Waals surface area contributed by atoms with Gasteiger partial charge in [0.1, 0.15) is 0 Å². The van der Waals surface area contributed by atoms with Crippen LogP contribution in [0, 0.1) is 0 Å². The molecular formula is C37H27F9O5S3. The lowest BCUT2D eigenvalue weighted by atomic mass is 9.97. The van der Waals surface area contributed by atoms with Crippen molar-refractivity contribution in [3.05, 3.63) is 139 Å². The molecule has 17 heteroatoms. The number of rotatable bonds is 10. The van der Waals surface area contributed by atoms with E-state index in [9.17, 15) is 52.5 Å². The Balaban J connectivity index is 0.000000281. The Hall–Kier alpha value is -4.13. The van der Waals surface area contributed by atoms with Gasteiger partial charge in [0.25, 0.3) is 0 Å². The first-order valence-electron chi connectivity index (χ1n) is 15.4. The maximum absolute atomic E-state index is 12.2. The van der Waals surface area contributed by atoms with E-state index in [1.807, 2.05) is 6.07 Å². The zero-order valence-corrected chi connectivity index (χ0v) is 30.2. The minimum atomic E-state index is -7.43. The van der Waals surface area contributed by atoms with Crippen molar-refractivity contribution in [1.29, 1.82) is 0 Å². The fourth-order valence-corrected chi connectivity index (χ4v) is 9.18. The number of benzene rings is 5. The van der Waals surface area contributed by atoms with E-state index in [-0.39, 0.29) is 10.5 Å². The average Bonchev–Trinajstić information content (AvgIpc) is 3.47. The first-order valence-corrected chi connectivity index (χ1v) is 18.8. The van der Waals surface area contributed by atoms with Crippen molar-refractivity contribution in [2.45, 2.75) is 38.9 Å². The van der Waals surface area contributed by atoms with Crippen LogP contribution in [-0.2, 0) is 25.4 Å².